The number of allylic oxidation sites excluding steroid dienone is 1. The van der Waals surface area contributed by atoms with Gasteiger partial charge in [0.2, 0.25) is 0 Å². The van der Waals surface area contributed by atoms with Gasteiger partial charge in [-0.15, -0.1) is 0 Å². The van der Waals surface area contributed by atoms with Crippen LogP contribution in [0.1, 0.15) is 6.92 Å². The van der Waals surface area contributed by atoms with E-state index in [0.29, 0.717) is 0 Å². The SMILES string of the molecule is CC=CC(=O)O.[SrH2]. The van der Waals surface area contributed by atoms with E-state index in [-0.39, 0.29) is 45.5 Å². The van der Waals surface area contributed by atoms with Gasteiger partial charge in [-0.25, -0.2) is 4.79 Å². The molecule has 0 saturated heterocycles. The Kier molecular flexibility index (Phi) is 10.2. The van der Waals surface area contributed by atoms with Crippen LogP contribution in [-0.4, -0.2) is 56.6 Å². The molecule has 0 aromatic carbocycles. The molecule has 0 radical (unpaired) electrons. The summed E-state index contributed by atoms with van der Waals surface area (Å²) < 4.78 is 0. The Hall–Kier alpha value is 0.691. The fraction of sp³-hybridized carbons (Fsp3) is 0.250. The molecule has 0 fully saturated rings. The molecule has 0 aliphatic carbocycles. The van der Waals surface area contributed by atoms with Crippen molar-refractivity contribution in [2.24, 2.45) is 0 Å². The van der Waals surface area contributed by atoms with E-state index in [1.165, 1.54) is 6.08 Å². The van der Waals surface area contributed by atoms with E-state index in [1.807, 2.05) is 0 Å². The standard InChI is InChI=1S/C4H6O2.Sr.2H/c1-2-3-4(5)6;;;/h2-3H,1H3,(H,5,6);;;. The third-order valence-electron chi connectivity index (χ3n) is 0.309. The molecule has 38 valence electrons. The Morgan fingerprint density at radius 2 is 2.14 bits per heavy atom. The second-order valence-corrected chi connectivity index (χ2v) is 0.838. The van der Waals surface area contributed by atoms with Crippen LogP contribution in [-0.2, 0) is 4.79 Å². The normalized spacial score (nSPS) is 8.14. The van der Waals surface area contributed by atoms with E-state index in [9.17, 15) is 4.79 Å². The van der Waals surface area contributed by atoms with Crippen molar-refractivity contribution in [1.29, 1.82) is 0 Å². The van der Waals surface area contributed by atoms with Crippen LogP contribution in [0.5, 0.6) is 0 Å². The molecule has 0 spiro atoms. The van der Waals surface area contributed by atoms with Gasteiger partial charge in [-0.2, -0.15) is 0 Å². The first kappa shape index (κ1) is 10.6. The molecule has 0 atom stereocenters. The summed E-state index contributed by atoms with van der Waals surface area (Å²) in [7, 11) is 0. The Bertz CT molecular complexity index is 77.8. The minimum atomic E-state index is -0.891. The number of carboxylic acids is 1. The van der Waals surface area contributed by atoms with Crippen LogP contribution < -0.4 is 0 Å². The van der Waals surface area contributed by atoms with Gasteiger partial charge in [-0.1, -0.05) is 6.08 Å². The number of carbonyl (C=O) groups is 1. The fourth-order valence-electron chi connectivity index (χ4n) is 0.143. The van der Waals surface area contributed by atoms with E-state index in [0.717, 1.165) is 6.08 Å². The van der Waals surface area contributed by atoms with E-state index in [4.69, 9.17) is 5.11 Å². The van der Waals surface area contributed by atoms with E-state index >= 15 is 0 Å². The van der Waals surface area contributed by atoms with Crippen molar-refractivity contribution < 1.29 is 9.90 Å². The van der Waals surface area contributed by atoms with Crippen molar-refractivity contribution in [3.63, 3.8) is 0 Å². The summed E-state index contributed by atoms with van der Waals surface area (Å²) in [5.74, 6) is -0.891. The van der Waals surface area contributed by atoms with Gasteiger partial charge < -0.3 is 5.11 Å². The zero-order chi connectivity index (χ0) is 4.99. The van der Waals surface area contributed by atoms with Crippen LogP contribution in [0.15, 0.2) is 12.2 Å². The van der Waals surface area contributed by atoms with Crippen LogP contribution in [0.3, 0.4) is 0 Å². The molecule has 2 nitrogen and oxygen atoms in total. The molecule has 0 aliphatic heterocycles. The quantitative estimate of drug-likeness (QED) is 0.440. The summed E-state index contributed by atoms with van der Waals surface area (Å²) in [5.41, 5.74) is 0. The zero-order valence-electron chi connectivity index (χ0n) is 3.51. The monoisotopic (exact) mass is 176 g/mol. The summed E-state index contributed by atoms with van der Waals surface area (Å²) in [5, 5.41) is 7.83. The van der Waals surface area contributed by atoms with E-state index in [1.54, 1.807) is 6.92 Å². The predicted octanol–water partition coefficient (Wildman–Crippen LogP) is -0.269. The van der Waals surface area contributed by atoms with Gasteiger partial charge in [-0.05, 0) is 6.92 Å². The van der Waals surface area contributed by atoms with E-state index in [2.05, 4.69) is 0 Å². The first-order chi connectivity index (χ1) is 2.77. The predicted molar refractivity (Wildman–Crippen MR) is 31.0 cm³/mol. The molecule has 0 aromatic rings. The fourth-order valence-corrected chi connectivity index (χ4v) is 0.143. The Morgan fingerprint density at radius 3 is 2.14 bits per heavy atom. The topological polar surface area (TPSA) is 37.3 Å². The first-order valence-corrected chi connectivity index (χ1v) is 1.63. The van der Waals surface area contributed by atoms with Crippen LogP contribution in [0.4, 0.5) is 0 Å². The van der Waals surface area contributed by atoms with Crippen LogP contribution in [0, 0.1) is 0 Å². The average Bonchev–Trinajstić information content (AvgIpc) is 1.35. The van der Waals surface area contributed by atoms with Crippen molar-refractivity contribution >= 4 is 51.5 Å². The third kappa shape index (κ3) is 10.8. The van der Waals surface area contributed by atoms with Gasteiger partial charge in [0.05, 0.1) is 0 Å². The van der Waals surface area contributed by atoms with Crippen molar-refractivity contribution in [3.8, 4) is 0 Å². The molecule has 3 heteroatoms. The van der Waals surface area contributed by atoms with Crippen molar-refractivity contribution in [1.82, 2.24) is 0 Å². The minimum absolute atomic E-state index is 0. The van der Waals surface area contributed by atoms with Gasteiger partial charge in [0.15, 0.2) is 0 Å². The molecular formula is C4H8O2Sr. The van der Waals surface area contributed by atoms with Gasteiger partial charge >= 0.3 is 51.5 Å². The second-order valence-electron chi connectivity index (χ2n) is 0.838. The van der Waals surface area contributed by atoms with Crippen LogP contribution >= 0.6 is 0 Å². The molecular weight excluding hydrogens is 168 g/mol. The summed E-state index contributed by atoms with van der Waals surface area (Å²) in [4.78, 5) is 9.51. The molecule has 0 amide bonds. The summed E-state index contributed by atoms with van der Waals surface area (Å²) in [6.45, 7) is 1.66. The molecule has 0 heterocycles. The summed E-state index contributed by atoms with van der Waals surface area (Å²) >= 11 is 0. The molecule has 7 heavy (non-hydrogen) atoms. The van der Waals surface area contributed by atoms with Crippen molar-refractivity contribution in [3.05, 3.63) is 12.2 Å². The molecule has 0 bridgehead atoms. The Morgan fingerprint density at radius 1 is 1.71 bits per heavy atom. The average molecular weight is 176 g/mol. The van der Waals surface area contributed by atoms with Crippen molar-refractivity contribution in [2.45, 2.75) is 6.92 Å². The Labute approximate surface area is 79.5 Å². The first-order valence-electron chi connectivity index (χ1n) is 1.63. The van der Waals surface area contributed by atoms with Gasteiger partial charge in [-0.3, -0.25) is 0 Å². The molecule has 0 saturated carbocycles. The second kappa shape index (κ2) is 6.69. The van der Waals surface area contributed by atoms with Gasteiger partial charge in [0.1, 0.15) is 0 Å². The number of rotatable bonds is 1. The van der Waals surface area contributed by atoms with Gasteiger partial charge in [0, 0.05) is 6.08 Å². The zero-order valence-corrected chi connectivity index (χ0v) is 3.51. The maximum atomic E-state index is 9.51. The molecule has 0 aliphatic rings. The molecule has 0 rings (SSSR count). The third-order valence-corrected chi connectivity index (χ3v) is 0.309. The number of hydrogen-bond acceptors (Lipinski definition) is 1. The summed E-state index contributed by atoms with van der Waals surface area (Å²) in [6, 6.07) is 0. The molecule has 1 N–H and O–H groups in total. The van der Waals surface area contributed by atoms with Crippen molar-refractivity contribution in [2.75, 3.05) is 0 Å². The molecule has 0 unspecified atom stereocenters. The molecule has 0 aromatic heterocycles. The van der Waals surface area contributed by atoms with Crippen LogP contribution in [0.25, 0.3) is 0 Å². The Balaban J connectivity index is 0. The van der Waals surface area contributed by atoms with Crippen LogP contribution in [0.2, 0.25) is 0 Å². The number of carboxylic acid groups (broad SMARTS) is 1. The number of aliphatic carboxylic acids is 1. The maximum absolute atomic E-state index is 9.51. The van der Waals surface area contributed by atoms with E-state index < -0.39 is 5.97 Å². The van der Waals surface area contributed by atoms with Gasteiger partial charge in [0.25, 0.3) is 0 Å². The summed E-state index contributed by atoms with van der Waals surface area (Å²) in [6.07, 6.45) is 2.56. The number of hydrogen-bond donors (Lipinski definition) is 1.